The number of ether oxygens (including phenoxy) is 2. The monoisotopic (exact) mass is 633 g/mol. The Kier molecular flexibility index (Phi) is 6.86. The Bertz CT molecular complexity index is 1940. The molecule has 4 saturated heterocycles. The number of phenolic OH excluding ortho intramolecular Hbond substituents is 1. The van der Waals surface area contributed by atoms with Crippen LogP contribution in [0.4, 0.5) is 10.2 Å². The SMILES string of the molecule is C#Cc1c(F)ccc2cc(O)cc(-c3cc4nc(OCC5(CN6C[C@H]7C[C@@H]6CO7)CC5)nc(N5CC6CCC(C5)N6)c4cc3CC)c12. The van der Waals surface area contributed by atoms with Crippen LogP contribution in [0.1, 0.15) is 50.2 Å². The molecule has 47 heavy (non-hydrogen) atoms. The van der Waals surface area contributed by atoms with Crippen molar-refractivity contribution in [3.8, 4) is 35.2 Å². The quantitative estimate of drug-likeness (QED) is 0.250. The Morgan fingerprint density at radius 1 is 1.11 bits per heavy atom. The fourth-order valence-electron chi connectivity index (χ4n) is 8.63. The summed E-state index contributed by atoms with van der Waals surface area (Å²) in [7, 11) is 0. The number of nitrogens with zero attached hydrogens (tertiary/aromatic N) is 4. The Morgan fingerprint density at radius 2 is 1.94 bits per heavy atom. The molecule has 0 radical (unpaired) electrons. The van der Waals surface area contributed by atoms with E-state index < -0.39 is 5.82 Å². The lowest BCUT2D eigenvalue weighted by atomic mass is 9.90. The second kappa shape index (κ2) is 11.0. The predicted octanol–water partition coefficient (Wildman–Crippen LogP) is 5.41. The number of rotatable bonds is 8. The maximum absolute atomic E-state index is 15.0. The van der Waals surface area contributed by atoms with Gasteiger partial charge in [0.2, 0.25) is 0 Å². The summed E-state index contributed by atoms with van der Waals surface area (Å²) in [5, 5.41) is 16.8. The minimum atomic E-state index is -0.456. The number of fused-ring (bicyclic) bond motifs is 6. The molecule has 9 rings (SSSR count). The van der Waals surface area contributed by atoms with E-state index in [-0.39, 0.29) is 16.7 Å². The second-order valence-corrected chi connectivity index (χ2v) is 14.5. The topological polar surface area (TPSA) is 83.0 Å². The molecule has 2 N–H and O–H groups in total. The van der Waals surface area contributed by atoms with Crippen molar-refractivity contribution in [1.29, 1.82) is 0 Å². The second-order valence-electron chi connectivity index (χ2n) is 14.5. The molecule has 0 amide bonds. The van der Waals surface area contributed by atoms with Gasteiger partial charge in [-0.1, -0.05) is 18.9 Å². The van der Waals surface area contributed by atoms with Crippen molar-refractivity contribution in [2.24, 2.45) is 5.41 Å². The number of benzene rings is 3. The number of aryl methyl sites for hydroxylation is 1. The van der Waals surface area contributed by atoms with Crippen LogP contribution >= 0.6 is 0 Å². The molecule has 8 nitrogen and oxygen atoms in total. The Morgan fingerprint density at radius 3 is 2.64 bits per heavy atom. The summed E-state index contributed by atoms with van der Waals surface area (Å²) >= 11 is 0. The first-order chi connectivity index (χ1) is 22.9. The first-order valence-corrected chi connectivity index (χ1v) is 17.1. The summed E-state index contributed by atoms with van der Waals surface area (Å²) < 4.78 is 27.4. The highest BCUT2D eigenvalue weighted by Gasteiger charge is 2.49. The number of anilines is 1. The van der Waals surface area contributed by atoms with E-state index in [2.05, 4.69) is 40.1 Å². The van der Waals surface area contributed by atoms with Crippen molar-refractivity contribution >= 4 is 27.5 Å². The van der Waals surface area contributed by atoms with Crippen LogP contribution in [0.3, 0.4) is 0 Å². The zero-order valence-corrected chi connectivity index (χ0v) is 26.8. The molecular formula is C38H40FN5O3. The lowest BCUT2D eigenvalue weighted by Crippen LogP contribution is -2.51. The minimum Gasteiger partial charge on any atom is -0.508 e. The molecule has 242 valence electrons. The van der Waals surface area contributed by atoms with E-state index in [0.29, 0.717) is 53.2 Å². The van der Waals surface area contributed by atoms with Crippen molar-refractivity contribution in [2.45, 2.75) is 69.7 Å². The minimum absolute atomic E-state index is 0.0976. The molecule has 1 aliphatic carbocycles. The van der Waals surface area contributed by atoms with Crippen LogP contribution in [0.2, 0.25) is 0 Å². The number of aromatic nitrogens is 2. The van der Waals surface area contributed by atoms with E-state index in [9.17, 15) is 5.11 Å². The molecule has 4 atom stereocenters. The van der Waals surface area contributed by atoms with Gasteiger partial charge in [0.15, 0.2) is 0 Å². The summed E-state index contributed by atoms with van der Waals surface area (Å²) in [6.07, 6.45) is 12.7. The third-order valence-corrected chi connectivity index (χ3v) is 11.3. The molecule has 5 heterocycles. The highest BCUT2D eigenvalue weighted by atomic mass is 19.1. The molecule has 5 aliphatic rings. The van der Waals surface area contributed by atoms with E-state index in [1.54, 1.807) is 18.2 Å². The fourth-order valence-corrected chi connectivity index (χ4v) is 8.63. The van der Waals surface area contributed by atoms with Gasteiger partial charge in [-0.05, 0) is 90.9 Å². The fraction of sp³-hybridized carbons (Fsp3) is 0.474. The Hall–Kier alpha value is -3.97. The molecule has 5 fully saturated rings. The molecule has 4 bridgehead atoms. The van der Waals surface area contributed by atoms with Crippen molar-refractivity contribution in [3.63, 3.8) is 0 Å². The average molecular weight is 634 g/mol. The normalized spacial score (nSPS) is 25.9. The molecule has 9 heteroatoms. The number of terminal acetylenes is 1. The van der Waals surface area contributed by atoms with Crippen LogP contribution in [0.15, 0.2) is 36.4 Å². The van der Waals surface area contributed by atoms with E-state index in [4.69, 9.17) is 25.9 Å². The van der Waals surface area contributed by atoms with Crippen LogP contribution in [-0.2, 0) is 11.2 Å². The third kappa shape index (κ3) is 5.09. The molecular weight excluding hydrogens is 593 g/mol. The van der Waals surface area contributed by atoms with Gasteiger partial charge in [-0.2, -0.15) is 9.97 Å². The Labute approximate surface area is 274 Å². The van der Waals surface area contributed by atoms with Gasteiger partial charge in [-0.15, -0.1) is 6.42 Å². The van der Waals surface area contributed by atoms with E-state index in [1.807, 2.05) is 0 Å². The predicted molar refractivity (Wildman–Crippen MR) is 180 cm³/mol. The van der Waals surface area contributed by atoms with Gasteiger partial charge in [-0.25, -0.2) is 4.39 Å². The molecule has 1 saturated carbocycles. The summed E-state index contributed by atoms with van der Waals surface area (Å²) in [6, 6.07) is 12.4. The van der Waals surface area contributed by atoms with Crippen molar-refractivity contribution in [3.05, 3.63) is 53.3 Å². The molecule has 1 aromatic heterocycles. The average Bonchev–Trinajstić information content (AvgIpc) is 3.33. The number of hydrogen-bond acceptors (Lipinski definition) is 8. The van der Waals surface area contributed by atoms with Crippen molar-refractivity contribution < 1.29 is 19.0 Å². The van der Waals surface area contributed by atoms with Crippen LogP contribution in [0, 0.1) is 23.6 Å². The van der Waals surface area contributed by atoms with Crippen molar-refractivity contribution in [2.75, 3.05) is 44.3 Å². The lowest BCUT2D eigenvalue weighted by Gasteiger charge is -2.34. The Balaban J connectivity index is 1.14. The van der Waals surface area contributed by atoms with Crippen LogP contribution < -0.4 is 15.0 Å². The first-order valence-electron chi connectivity index (χ1n) is 17.1. The van der Waals surface area contributed by atoms with E-state index in [0.717, 1.165) is 86.3 Å². The van der Waals surface area contributed by atoms with Crippen LogP contribution in [-0.4, -0.2) is 83.6 Å². The number of aromatic hydroxyl groups is 1. The highest BCUT2D eigenvalue weighted by Crippen LogP contribution is 2.48. The molecule has 2 unspecified atom stereocenters. The maximum atomic E-state index is 15.0. The third-order valence-electron chi connectivity index (χ3n) is 11.3. The molecule has 4 aliphatic heterocycles. The number of likely N-dealkylation sites (tertiary alicyclic amines) is 1. The van der Waals surface area contributed by atoms with Crippen LogP contribution in [0.5, 0.6) is 11.8 Å². The summed E-state index contributed by atoms with van der Waals surface area (Å²) in [4.78, 5) is 15.1. The number of piperazine rings is 1. The number of hydrogen-bond donors (Lipinski definition) is 2. The highest BCUT2D eigenvalue weighted by molar-refractivity contribution is 6.04. The summed E-state index contributed by atoms with van der Waals surface area (Å²) in [5.41, 5.74) is 3.69. The largest absolute Gasteiger partial charge is 0.508 e. The standard InChI is InChI=1S/C38H40FN5O3/c1-3-22-12-32-34(15-30(22)31-14-27(45)11-23-5-8-33(39)29(4-2)35(23)31)41-37(42-36(32)43-16-24-6-7-25(17-43)40-24)47-21-38(9-10-38)20-44-18-28-13-26(44)19-46-28/h2,5,8,11-12,14-15,24-26,28,40,45H,3,6-7,9-10,13,16-21H2,1H3/t24?,25?,26-,28-/m1/s1. The van der Waals surface area contributed by atoms with Gasteiger partial charge in [0, 0.05) is 60.5 Å². The maximum Gasteiger partial charge on any atom is 0.318 e. The van der Waals surface area contributed by atoms with Gasteiger partial charge >= 0.3 is 6.01 Å². The van der Waals surface area contributed by atoms with Gasteiger partial charge in [0.25, 0.3) is 0 Å². The van der Waals surface area contributed by atoms with Crippen molar-refractivity contribution in [1.82, 2.24) is 20.2 Å². The first kappa shape index (κ1) is 29.2. The summed E-state index contributed by atoms with van der Waals surface area (Å²) in [6.45, 7) is 7.36. The molecule has 4 aromatic rings. The van der Waals surface area contributed by atoms with Gasteiger partial charge in [-0.3, -0.25) is 4.90 Å². The number of phenols is 1. The van der Waals surface area contributed by atoms with Crippen LogP contribution in [0.25, 0.3) is 32.8 Å². The number of morpholine rings is 1. The van der Waals surface area contributed by atoms with E-state index in [1.165, 1.54) is 18.9 Å². The zero-order chi connectivity index (χ0) is 31.9. The zero-order valence-electron chi connectivity index (χ0n) is 26.8. The molecule has 3 aromatic carbocycles. The number of nitrogens with one attached hydrogen (secondary N) is 1. The smallest absolute Gasteiger partial charge is 0.318 e. The van der Waals surface area contributed by atoms with Gasteiger partial charge < -0.3 is 24.8 Å². The summed E-state index contributed by atoms with van der Waals surface area (Å²) in [5.74, 6) is 3.11. The van der Waals surface area contributed by atoms with Gasteiger partial charge in [0.05, 0.1) is 30.4 Å². The van der Waals surface area contributed by atoms with Gasteiger partial charge in [0.1, 0.15) is 17.4 Å². The molecule has 0 spiro atoms. The number of halogens is 1. The van der Waals surface area contributed by atoms with E-state index >= 15 is 4.39 Å². The lowest BCUT2D eigenvalue weighted by molar-refractivity contribution is 0.0176.